The number of carbonyl (C=O) groups is 2. The van der Waals surface area contributed by atoms with Gasteiger partial charge in [-0.15, -0.1) is 0 Å². The number of rotatable bonds is 5. The van der Waals surface area contributed by atoms with Gasteiger partial charge in [0.25, 0.3) is 5.91 Å². The molecule has 2 heterocycles. The number of hydrogen-bond donors (Lipinski definition) is 1. The number of thioether (sulfide) groups is 1. The first-order valence-corrected chi connectivity index (χ1v) is 8.91. The Balaban J connectivity index is 1.58. The van der Waals surface area contributed by atoms with Crippen molar-refractivity contribution in [3.8, 4) is 0 Å². The van der Waals surface area contributed by atoms with Gasteiger partial charge in [0.15, 0.2) is 0 Å². The molecule has 1 N–H and O–H groups in total. The number of benzene rings is 1. The maximum Gasteiger partial charge on any atom is 0.266 e. The molecular weight excluding hydrogens is 356 g/mol. The molecule has 1 aliphatic rings. The van der Waals surface area contributed by atoms with Gasteiger partial charge in [0, 0.05) is 24.7 Å². The fraction of sp³-hybridized carbons (Fsp3) is 0.167. The van der Waals surface area contributed by atoms with Gasteiger partial charge in [-0.1, -0.05) is 36.1 Å². The summed E-state index contributed by atoms with van der Waals surface area (Å²) in [5.41, 5.74) is 1.81. The van der Waals surface area contributed by atoms with Crippen LogP contribution in [0.1, 0.15) is 17.7 Å². The molecule has 7 heteroatoms. The van der Waals surface area contributed by atoms with Crippen LogP contribution >= 0.6 is 24.0 Å². The molecule has 128 valence electrons. The molecule has 0 aliphatic carbocycles. The highest BCUT2D eigenvalue weighted by atomic mass is 32.2. The average molecular weight is 372 g/mol. The minimum absolute atomic E-state index is 0.158. The Morgan fingerprint density at radius 2 is 2.20 bits per heavy atom. The molecule has 25 heavy (non-hydrogen) atoms. The van der Waals surface area contributed by atoms with Crippen LogP contribution < -0.4 is 5.32 Å². The van der Waals surface area contributed by atoms with Crippen molar-refractivity contribution in [2.75, 3.05) is 11.9 Å². The van der Waals surface area contributed by atoms with Crippen molar-refractivity contribution in [1.29, 1.82) is 0 Å². The number of furan rings is 1. The Labute approximate surface area is 155 Å². The van der Waals surface area contributed by atoms with Gasteiger partial charge < -0.3 is 9.73 Å². The van der Waals surface area contributed by atoms with Crippen LogP contribution in [0, 0.1) is 6.92 Å². The number of aryl methyl sites for hydroxylation is 1. The summed E-state index contributed by atoms with van der Waals surface area (Å²) in [6, 6.07) is 11.1. The first kappa shape index (κ1) is 17.4. The summed E-state index contributed by atoms with van der Waals surface area (Å²) in [6.45, 7) is 2.21. The van der Waals surface area contributed by atoms with Gasteiger partial charge >= 0.3 is 0 Å². The third-order valence-electron chi connectivity index (χ3n) is 3.55. The van der Waals surface area contributed by atoms with Gasteiger partial charge in [0.05, 0.1) is 11.2 Å². The van der Waals surface area contributed by atoms with Crippen molar-refractivity contribution >= 4 is 51.9 Å². The lowest BCUT2D eigenvalue weighted by molar-refractivity contribution is -0.122. The van der Waals surface area contributed by atoms with Crippen molar-refractivity contribution in [3.05, 3.63) is 58.9 Å². The normalized spacial score (nSPS) is 15.9. The topological polar surface area (TPSA) is 62.6 Å². The molecule has 5 nitrogen and oxygen atoms in total. The lowest BCUT2D eigenvalue weighted by Crippen LogP contribution is -2.31. The molecular formula is C18H16N2O3S2. The molecule has 1 fully saturated rings. The van der Waals surface area contributed by atoms with Crippen LogP contribution in [0.2, 0.25) is 0 Å². The number of nitrogens with one attached hydrogen (secondary N) is 1. The number of hydrogen-bond acceptors (Lipinski definition) is 5. The molecule has 1 aliphatic heterocycles. The molecule has 1 aromatic heterocycles. The highest BCUT2D eigenvalue weighted by Crippen LogP contribution is 2.32. The minimum Gasteiger partial charge on any atom is -0.465 e. The van der Waals surface area contributed by atoms with Gasteiger partial charge in [-0.2, -0.15) is 0 Å². The molecule has 0 unspecified atom stereocenters. The average Bonchev–Trinajstić information content (AvgIpc) is 3.15. The summed E-state index contributed by atoms with van der Waals surface area (Å²) in [7, 11) is 0. The van der Waals surface area contributed by atoms with E-state index >= 15 is 0 Å². The lowest BCUT2D eigenvalue weighted by atomic mass is 10.2. The first-order chi connectivity index (χ1) is 12.0. The summed E-state index contributed by atoms with van der Waals surface area (Å²) in [5, 5.41) is 2.83. The zero-order valence-electron chi connectivity index (χ0n) is 13.5. The Morgan fingerprint density at radius 3 is 2.92 bits per heavy atom. The fourth-order valence-corrected chi connectivity index (χ4v) is 3.64. The lowest BCUT2D eigenvalue weighted by Gasteiger charge is -2.14. The monoisotopic (exact) mass is 372 g/mol. The minimum atomic E-state index is -0.199. The largest absolute Gasteiger partial charge is 0.465 e. The Kier molecular flexibility index (Phi) is 5.35. The quantitative estimate of drug-likeness (QED) is 0.639. The van der Waals surface area contributed by atoms with Crippen molar-refractivity contribution in [1.82, 2.24) is 4.90 Å². The number of anilines is 1. The predicted molar refractivity (Wildman–Crippen MR) is 103 cm³/mol. The van der Waals surface area contributed by atoms with Crippen LogP contribution in [-0.2, 0) is 9.59 Å². The van der Waals surface area contributed by atoms with Crippen LogP contribution in [-0.4, -0.2) is 27.6 Å². The standard InChI is InChI=1S/C18H16N2O3S2/c1-12-4-2-5-13(10-12)19-16(21)7-8-20-17(22)15(25-18(20)24)11-14-6-3-9-23-14/h2-6,9-11H,7-8H2,1H3,(H,19,21)/b15-11-. The van der Waals surface area contributed by atoms with Gasteiger partial charge in [-0.25, -0.2) is 0 Å². The number of carbonyl (C=O) groups excluding carboxylic acids is 2. The zero-order chi connectivity index (χ0) is 17.8. The number of nitrogens with zero attached hydrogens (tertiary/aromatic N) is 1. The van der Waals surface area contributed by atoms with E-state index in [9.17, 15) is 9.59 Å². The molecule has 0 bridgehead atoms. The van der Waals surface area contributed by atoms with E-state index in [1.54, 1.807) is 24.5 Å². The van der Waals surface area contributed by atoms with Gasteiger partial charge in [0.2, 0.25) is 5.91 Å². The van der Waals surface area contributed by atoms with Crippen LogP contribution in [0.25, 0.3) is 6.08 Å². The second-order valence-electron chi connectivity index (χ2n) is 5.52. The van der Waals surface area contributed by atoms with Crippen molar-refractivity contribution < 1.29 is 14.0 Å². The van der Waals surface area contributed by atoms with E-state index in [-0.39, 0.29) is 24.8 Å². The Bertz CT molecular complexity index is 844. The molecule has 1 saturated heterocycles. The highest BCUT2D eigenvalue weighted by Gasteiger charge is 2.32. The number of thiocarbonyl (C=S) groups is 1. The molecule has 0 saturated carbocycles. The van der Waals surface area contributed by atoms with E-state index in [0.717, 1.165) is 11.3 Å². The van der Waals surface area contributed by atoms with Gasteiger partial charge in [0.1, 0.15) is 10.1 Å². The van der Waals surface area contributed by atoms with E-state index in [0.29, 0.717) is 15.0 Å². The van der Waals surface area contributed by atoms with E-state index in [2.05, 4.69) is 5.32 Å². The van der Waals surface area contributed by atoms with E-state index in [4.69, 9.17) is 16.6 Å². The Morgan fingerprint density at radius 1 is 1.36 bits per heavy atom. The third-order valence-corrected chi connectivity index (χ3v) is 4.93. The van der Waals surface area contributed by atoms with E-state index in [1.165, 1.54) is 16.7 Å². The molecule has 3 rings (SSSR count). The zero-order valence-corrected chi connectivity index (χ0v) is 15.2. The molecule has 0 radical (unpaired) electrons. The van der Waals surface area contributed by atoms with Crippen LogP contribution in [0.3, 0.4) is 0 Å². The summed E-state index contributed by atoms with van der Waals surface area (Å²) in [5.74, 6) is 0.238. The van der Waals surface area contributed by atoms with Crippen LogP contribution in [0.15, 0.2) is 52.0 Å². The molecule has 0 spiro atoms. The summed E-state index contributed by atoms with van der Waals surface area (Å²) in [4.78, 5) is 26.5. The Hall–Kier alpha value is -2.38. The maximum absolute atomic E-state index is 12.4. The maximum atomic E-state index is 12.4. The summed E-state index contributed by atoms with van der Waals surface area (Å²) < 4.78 is 5.67. The second kappa shape index (κ2) is 7.67. The summed E-state index contributed by atoms with van der Waals surface area (Å²) in [6.07, 6.45) is 3.38. The molecule has 0 atom stereocenters. The smallest absolute Gasteiger partial charge is 0.266 e. The first-order valence-electron chi connectivity index (χ1n) is 7.68. The highest BCUT2D eigenvalue weighted by molar-refractivity contribution is 8.26. The fourth-order valence-electron chi connectivity index (χ4n) is 2.36. The molecule has 2 amide bonds. The van der Waals surface area contributed by atoms with Crippen molar-refractivity contribution in [2.24, 2.45) is 0 Å². The van der Waals surface area contributed by atoms with Crippen molar-refractivity contribution in [2.45, 2.75) is 13.3 Å². The van der Waals surface area contributed by atoms with E-state index in [1.807, 2.05) is 31.2 Å². The molecule has 2 aromatic rings. The van der Waals surface area contributed by atoms with Crippen molar-refractivity contribution in [3.63, 3.8) is 0 Å². The SMILES string of the molecule is Cc1cccc(NC(=O)CCN2C(=O)/C(=C/c3ccco3)SC2=S)c1. The summed E-state index contributed by atoms with van der Waals surface area (Å²) >= 11 is 6.47. The van der Waals surface area contributed by atoms with E-state index < -0.39 is 0 Å². The second-order valence-corrected chi connectivity index (χ2v) is 7.19. The number of amides is 2. The van der Waals surface area contributed by atoms with Crippen LogP contribution in [0.4, 0.5) is 5.69 Å². The van der Waals surface area contributed by atoms with Crippen LogP contribution in [0.5, 0.6) is 0 Å². The molecule has 1 aromatic carbocycles. The van der Waals surface area contributed by atoms with Gasteiger partial charge in [-0.05, 0) is 36.8 Å². The predicted octanol–water partition coefficient (Wildman–Crippen LogP) is 3.82. The van der Waals surface area contributed by atoms with Gasteiger partial charge in [-0.3, -0.25) is 14.5 Å². The third kappa shape index (κ3) is 4.37.